The van der Waals surface area contributed by atoms with Gasteiger partial charge in [0, 0.05) is 0 Å². The summed E-state index contributed by atoms with van der Waals surface area (Å²) in [5.74, 6) is -0.916. The molecule has 0 unspecified atom stereocenters. The lowest BCUT2D eigenvalue weighted by Gasteiger charge is -2.49. The molecule has 16 nitrogen and oxygen atoms in total. The highest BCUT2D eigenvalue weighted by Gasteiger charge is 2.55. The molecule has 0 aromatic heterocycles. The van der Waals surface area contributed by atoms with Gasteiger partial charge in [-0.25, -0.2) is 9.59 Å². The summed E-state index contributed by atoms with van der Waals surface area (Å²) in [4.78, 5) is 40.9. The number of aliphatic hydroxyl groups is 1. The molecule has 0 spiro atoms. The second kappa shape index (κ2) is 27.4. The summed E-state index contributed by atoms with van der Waals surface area (Å²) in [6.07, 6.45) is -12.9. The zero-order valence-electron chi connectivity index (χ0n) is 40.5. The number of aliphatic hydroxyl groups excluding tert-OH is 1. The van der Waals surface area contributed by atoms with Crippen molar-refractivity contribution in [2.24, 2.45) is 0 Å². The number of hydrogen-bond acceptors (Lipinski definition) is 15. The number of alkyl carbamates (subject to hydrolysis) is 1. The van der Waals surface area contributed by atoms with Crippen molar-refractivity contribution < 1.29 is 71.6 Å². The highest BCUT2D eigenvalue weighted by Crippen LogP contribution is 2.36. The first-order chi connectivity index (χ1) is 36.2. The maximum absolute atomic E-state index is 14.4. The van der Waals surface area contributed by atoms with Gasteiger partial charge in [0.25, 0.3) is 0 Å². The SMILES string of the molecule is COc1ccc(OC[C@H]2O[C@H](O)[C@H](NC(=O)OCc3ccccc3)[C@@H](OCc3ccccc3)[C@@H]2O[C@@H]2O[C@@H](COC(=O)CCl)[C@@H](OCc3ccccc3)[C@H](OCc3ccccc3)[C@H]2OC(=O)c2ccccc2)cc1. The van der Waals surface area contributed by atoms with Crippen LogP contribution in [0.25, 0.3) is 0 Å². The Morgan fingerprint density at radius 2 is 1.03 bits per heavy atom. The molecule has 17 heteroatoms. The maximum Gasteiger partial charge on any atom is 0.407 e. The van der Waals surface area contributed by atoms with Gasteiger partial charge in [0.2, 0.25) is 0 Å². The lowest BCUT2D eigenvalue weighted by atomic mass is 9.94. The number of rotatable bonds is 23. The van der Waals surface area contributed by atoms with Crippen molar-refractivity contribution in [3.05, 3.63) is 204 Å². The van der Waals surface area contributed by atoms with Crippen molar-refractivity contribution in [3.8, 4) is 11.5 Å². The Hall–Kier alpha value is -6.86. The van der Waals surface area contributed by atoms with Crippen LogP contribution in [0.5, 0.6) is 11.5 Å². The van der Waals surface area contributed by atoms with Crippen molar-refractivity contribution >= 4 is 29.6 Å². The van der Waals surface area contributed by atoms with Crippen molar-refractivity contribution in [1.82, 2.24) is 5.32 Å². The second-order valence-corrected chi connectivity index (χ2v) is 17.5. The van der Waals surface area contributed by atoms with E-state index in [0.29, 0.717) is 11.5 Å². The molecule has 2 fully saturated rings. The van der Waals surface area contributed by atoms with Gasteiger partial charge in [0.05, 0.1) is 32.5 Å². The first-order valence-electron chi connectivity index (χ1n) is 24.1. The topological polar surface area (TPSA) is 185 Å². The molecule has 0 aliphatic carbocycles. The van der Waals surface area contributed by atoms with E-state index in [4.69, 9.17) is 63.7 Å². The molecule has 0 radical (unpaired) electrons. The zero-order valence-corrected chi connectivity index (χ0v) is 41.3. The molecule has 0 bridgehead atoms. The Kier molecular flexibility index (Phi) is 19.8. The standard InChI is InChI=1S/C57H58ClNO15/c1-64-43-27-29-44(30-28-43)65-36-46-50(51(68-33-39-19-9-3-10-20-39)48(55(62)71-46)59-57(63)70-35-41-23-13-5-14-24-41)74-56-53(73-54(61)42-25-15-6-16-26-42)52(69-34-40-21-11-4-12-22-40)49(45(72-56)37-66-47(60)31-58)67-32-38-17-7-2-8-18-38/h2-30,45-46,48-53,55-56,62H,31-37H2,1H3,(H,59,63)/t45-,46+,48+,49+,50+,51+,52-,53+,55-,56-/m0/s1. The van der Waals surface area contributed by atoms with Crippen molar-refractivity contribution in [1.29, 1.82) is 0 Å². The van der Waals surface area contributed by atoms with Crippen LogP contribution in [-0.2, 0) is 73.9 Å². The summed E-state index contributed by atoms with van der Waals surface area (Å²) in [5, 5.41) is 14.7. The van der Waals surface area contributed by atoms with Crippen molar-refractivity contribution in [3.63, 3.8) is 0 Å². The number of halogens is 1. The molecule has 2 N–H and O–H groups in total. The molecule has 388 valence electrons. The van der Waals surface area contributed by atoms with E-state index in [2.05, 4.69) is 5.32 Å². The fraction of sp³-hybridized carbons (Fsp3) is 0.316. The molecule has 2 saturated heterocycles. The molecule has 2 aliphatic rings. The van der Waals surface area contributed by atoms with E-state index in [1.54, 1.807) is 73.8 Å². The number of carbonyl (C=O) groups excluding carboxylic acids is 3. The quantitative estimate of drug-likeness (QED) is 0.0358. The number of nitrogens with one attached hydrogen (secondary N) is 1. The van der Waals surface area contributed by atoms with Crippen LogP contribution in [0.15, 0.2) is 176 Å². The lowest BCUT2D eigenvalue weighted by Crippen LogP contribution is -2.68. The fourth-order valence-corrected chi connectivity index (χ4v) is 8.47. The van der Waals surface area contributed by atoms with Crippen LogP contribution >= 0.6 is 11.6 Å². The van der Waals surface area contributed by atoms with Gasteiger partial charge >= 0.3 is 18.0 Å². The Bertz CT molecular complexity index is 2620. The Balaban J connectivity index is 1.21. The first-order valence-corrected chi connectivity index (χ1v) is 24.6. The van der Waals surface area contributed by atoms with E-state index in [1.165, 1.54) is 0 Å². The summed E-state index contributed by atoms with van der Waals surface area (Å²) >= 11 is 5.94. The first kappa shape index (κ1) is 53.4. The van der Waals surface area contributed by atoms with Crippen LogP contribution < -0.4 is 14.8 Å². The second-order valence-electron chi connectivity index (χ2n) is 17.3. The number of methoxy groups -OCH3 is 1. The van der Waals surface area contributed by atoms with Gasteiger partial charge in [-0.15, -0.1) is 11.6 Å². The molecular formula is C57H58ClNO15. The molecule has 6 aromatic carbocycles. The molecule has 10 atom stereocenters. The van der Waals surface area contributed by atoms with E-state index >= 15 is 0 Å². The minimum atomic E-state index is -1.72. The minimum Gasteiger partial charge on any atom is -0.497 e. The van der Waals surface area contributed by atoms with E-state index in [0.717, 1.165) is 22.3 Å². The largest absolute Gasteiger partial charge is 0.497 e. The van der Waals surface area contributed by atoms with Gasteiger partial charge in [0.1, 0.15) is 79.9 Å². The van der Waals surface area contributed by atoms with Gasteiger partial charge in [-0.2, -0.15) is 0 Å². The van der Waals surface area contributed by atoms with Crippen molar-refractivity contribution in [2.75, 3.05) is 26.2 Å². The van der Waals surface area contributed by atoms with Crippen LogP contribution in [0.4, 0.5) is 4.79 Å². The predicted octanol–water partition coefficient (Wildman–Crippen LogP) is 7.96. The minimum absolute atomic E-state index is 0.00789. The smallest absolute Gasteiger partial charge is 0.407 e. The van der Waals surface area contributed by atoms with Gasteiger partial charge in [0.15, 0.2) is 18.7 Å². The highest BCUT2D eigenvalue weighted by atomic mass is 35.5. The predicted molar refractivity (Wildman–Crippen MR) is 269 cm³/mol. The number of amides is 1. The Labute approximate surface area is 434 Å². The van der Waals surface area contributed by atoms with Crippen LogP contribution in [0.2, 0.25) is 0 Å². The average molecular weight is 1030 g/mol. The molecule has 0 saturated carbocycles. The zero-order chi connectivity index (χ0) is 51.5. The van der Waals surface area contributed by atoms with Crippen LogP contribution in [0, 0.1) is 0 Å². The van der Waals surface area contributed by atoms with Crippen LogP contribution in [0.1, 0.15) is 32.6 Å². The molecule has 74 heavy (non-hydrogen) atoms. The Morgan fingerprint density at radius 3 is 1.57 bits per heavy atom. The lowest BCUT2D eigenvalue weighted by molar-refractivity contribution is -0.354. The number of ether oxygens (including phenoxy) is 11. The van der Waals surface area contributed by atoms with Crippen LogP contribution in [-0.4, -0.2) is 111 Å². The van der Waals surface area contributed by atoms with E-state index in [-0.39, 0.29) is 38.6 Å². The highest BCUT2D eigenvalue weighted by molar-refractivity contribution is 6.26. The third-order valence-electron chi connectivity index (χ3n) is 12.1. The molecule has 6 aromatic rings. The van der Waals surface area contributed by atoms with Crippen molar-refractivity contribution in [2.45, 2.75) is 87.8 Å². The van der Waals surface area contributed by atoms with E-state index in [9.17, 15) is 19.5 Å². The number of alkyl halides is 1. The molecular weight excluding hydrogens is 974 g/mol. The van der Waals surface area contributed by atoms with E-state index in [1.807, 2.05) is 109 Å². The van der Waals surface area contributed by atoms with Gasteiger partial charge in [-0.1, -0.05) is 140 Å². The maximum atomic E-state index is 14.4. The normalized spacial score (nSPS) is 23.4. The summed E-state index contributed by atoms with van der Waals surface area (Å²) < 4.78 is 69.9. The van der Waals surface area contributed by atoms with E-state index < -0.39 is 91.9 Å². The molecule has 8 rings (SSSR count). The summed E-state index contributed by atoms with van der Waals surface area (Å²) in [6, 6.07) is 50.9. The number of esters is 2. The van der Waals surface area contributed by atoms with Gasteiger partial charge in [-0.05, 0) is 58.7 Å². The van der Waals surface area contributed by atoms with Gasteiger partial charge < -0.3 is 62.5 Å². The average Bonchev–Trinajstić information content (AvgIpc) is 3.45. The van der Waals surface area contributed by atoms with Gasteiger partial charge in [-0.3, -0.25) is 4.79 Å². The third kappa shape index (κ3) is 15.1. The molecule has 2 heterocycles. The fourth-order valence-electron chi connectivity index (χ4n) is 8.39. The third-order valence-corrected chi connectivity index (χ3v) is 12.4. The Morgan fingerprint density at radius 1 is 0.541 bits per heavy atom. The number of carbonyl (C=O) groups is 3. The summed E-state index contributed by atoms with van der Waals surface area (Å²) in [7, 11) is 1.55. The number of benzene rings is 6. The molecule has 1 amide bonds. The summed E-state index contributed by atoms with van der Waals surface area (Å²) in [5.41, 5.74) is 3.28. The number of hydrogen-bond donors (Lipinski definition) is 2. The monoisotopic (exact) mass is 1030 g/mol. The molecule has 2 aliphatic heterocycles. The van der Waals surface area contributed by atoms with Crippen LogP contribution in [0.3, 0.4) is 0 Å². The summed E-state index contributed by atoms with van der Waals surface area (Å²) in [6.45, 7) is -0.707.